The molecule has 102 valence electrons. The summed E-state index contributed by atoms with van der Waals surface area (Å²) in [6, 6.07) is 1.74. The molecule has 0 saturated carbocycles. The Kier molecular flexibility index (Phi) is 3.35. The van der Waals surface area contributed by atoms with Crippen LogP contribution in [0.2, 0.25) is 0 Å². The average molecular weight is 273 g/mol. The van der Waals surface area contributed by atoms with E-state index in [9.17, 15) is 4.21 Å². The first-order valence-electron chi connectivity index (χ1n) is 5.70. The first-order valence-corrected chi connectivity index (χ1v) is 6.91. The molecular formula is C11H19N3O3S. The van der Waals surface area contributed by atoms with Crippen molar-refractivity contribution in [3.63, 3.8) is 0 Å². The van der Waals surface area contributed by atoms with Crippen molar-refractivity contribution in [1.29, 1.82) is 0 Å². The van der Waals surface area contributed by atoms with E-state index in [1.807, 2.05) is 25.5 Å². The second kappa shape index (κ2) is 4.41. The molecule has 1 atom stereocenters. The second-order valence-electron chi connectivity index (χ2n) is 5.44. The van der Waals surface area contributed by atoms with Gasteiger partial charge in [-0.25, -0.2) is 9.35 Å². The van der Waals surface area contributed by atoms with Crippen LogP contribution in [-0.2, 0) is 31.6 Å². The van der Waals surface area contributed by atoms with Gasteiger partial charge >= 0.3 is 0 Å². The van der Waals surface area contributed by atoms with Crippen LogP contribution in [0.5, 0.6) is 0 Å². The number of hydrogen-bond donors (Lipinski definition) is 1. The monoisotopic (exact) mass is 273 g/mol. The lowest BCUT2D eigenvalue weighted by Gasteiger charge is -2.41. The maximum atomic E-state index is 11.4. The summed E-state index contributed by atoms with van der Waals surface area (Å²) in [5.41, 5.74) is 0.115. The van der Waals surface area contributed by atoms with Crippen LogP contribution < -0.4 is 5.14 Å². The summed E-state index contributed by atoms with van der Waals surface area (Å²) in [7, 11) is 0.0443. The highest BCUT2D eigenvalue weighted by Crippen LogP contribution is 2.36. The van der Waals surface area contributed by atoms with Crippen LogP contribution in [-0.4, -0.2) is 34.3 Å². The SMILES string of the molecule is COC1(c2cc(S(N)=O)nn2C(C)(C)C)COC1. The third-order valence-electron chi connectivity index (χ3n) is 3.06. The quantitative estimate of drug-likeness (QED) is 0.869. The van der Waals surface area contributed by atoms with E-state index in [4.69, 9.17) is 14.6 Å². The number of rotatable bonds is 3. The molecule has 1 aromatic rings. The van der Waals surface area contributed by atoms with Gasteiger partial charge in [0.15, 0.2) is 10.6 Å². The van der Waals surface area contributed by atoms with Gasteiger partial charge in [0.25, 0.3) is 0 Å². The summed E-state index contributed by atoms with van der Waals surface area (Å²) < 4.78 is 24.0. The first kappa shape index (κ1) is 13.7. The second-order valence-corrected chi connectivity index (χ2v) is 6.45. The van der Waals surface area contributed by atoms with Gasteiger partial charge in [0.05, 0.1) is 24.4 Å². The fourth-order valence-electron chi connectivity index (χ4n) is 1.95. The molecular weight excluding hydrogens is 254 g/mol. The van der Waals surface area contributed by atoms with Crippen LogP contribution in [0.4, 0.5) is 0 Å². The molecule has 1 saturated heterocycles. The first-order chi connectivity index (χ1) is 8.30. The largest absolute Gasteiger partial charge is 0.374 e. The molecule has 2 rings (SSSR count). The number of methoxy groups -OCH3 is 1. The Morgan fingerprint density at radius 2 is 2.17 bits per heavy atom. The summed E-state index contributed by atoms with van der Waals surface area (Å²) in [5.74, 6) is 0. The molecule has 1 aliphatic rings. The highest BCUT2D eigenvalue weighted by atomic mass is 32.2. The molecule has 1 unspecified atom stereocenters. The highest BCUT2D eigenvalue weighted by molar-refractivity contribution is 7.82. The minimum atomic E-state index is -1.60. The standard InChI is InChI=1S/C11H19N3O3S/c1-10(2,3)14-8(5-9(13-14)18(12)15)11(16-4)6-17-7-11/h5H,6-7,12H2,1-4H3. The van der Waals surface area contributed by atoms with Crippen molar-refractivity contribution in [3.8, 4) is 0 Å². The fourth-order valence-corrected chi connectivity index (χ4v) is 2.34. The van der Waals surface area contributed by atoms with E-state index in [1.165, 1.54) is 0 Å². The number of aromatic nitrogens is 2. The predicted octanol–water partition coefficient (Wildman–Crippen LogP) is 0.491. The van der Waals surface area contributed by atoms with E-state index in [-0.39, 0.29) is 5.54 Å². The normalized spacial score (nSPS) is 20.5. The number of nitrogens with two attached hydrogens (primary N) is 1. The van der Waals surface area contributed by atoms with E-state index >= 15 is 0 Å². The molecule has 1 fully saturated rings. The molecule has 0 aliphatic carbocycles. The predicted molar refractivity (Wildman–Crippen MR) is 67.3 cm³/mol. The molecule has 0 spiro atoms. The summed E-state index contributed by atoms with van der Waals surface area (Å²) >= 11 is 0. The van der Waals surface area contributed by atoms with Crippen molar-refractivity contribution in [3.05, 3.63) is 11.8 Å². The lowest BCUT2D eigenvalue weighted by atomic mass is 9.95. The smallest absolute Gasteiger partial charge is 0.164 e. The third-order valence-corrected chi connectivity index (χ3v) is 3.67. The molecule has 1 aromatic heterocycles. The van der Waals surface area contributed by atoms with Crippen molar-refractivity contribution in [2.45, 2.75) is 36.9 Å². The molecule has 0 aromatic carbocycles. The van der Waals surface area contributed by atoms with Crippen LogP contribution in [0.1, 0.15) is 26.5 Å². The van der Waals surface area contributed by atoms with Crippen molar-refractivity contribution in [2.24, 2.45) is 5.14 Å². The fraction of sp³-hybridized carbons (Fsp3) is 0.727. The molecule has 6 nitrogen and oxygen atoms in total. The Bertz CT molecular complexity index is 469. The molecule has 2 heterocycles. The molecule has 7 heteroatoms. The van der Waals surface area contributed by atoms with Gasteiger partial charge in [-0.3, -0.25) is 4.68 Å². The Labute approximate surface area is 109 Å². The van der Waals surface area contributed by atoms with Crippen molar-refractivity contribution < 1.29 is 13.7 Å². The number of ether oxygens (including phenoxy) is 2. The van der Waals surface area contributed by atoms with E-state index in [2.05, 4.69) is 5.10 Å². The maximum Gasteiger partial charge on any atom is 0.164 e. The van der Waals surface area contributed by atoms with Crippen LogP contribution in [0.15, 0.2) is 11.1 Å². The minimum Gasteiger partial charge on any atom is -0.374 e. The minimum absolute atomic E-state index is 0.242. The lowest BCUT2D eigenvalue weighted by molar-refractivity contribution is -0.207. The molecule has 1 aliphatic heterocycles. The topological polar surface area (TPSA) is 79.4 Å². The Morgan fingerprint density at radius 3 is 2.50 bits per heavy atom. The van der Waals surface area contributed by atoms with Gasteiger partial charge in [0.1, 0.15) is 11.0 Å². The maximum absolute atomic E-state index is 11.4. The van der Waals surface area contributed by atoms with Crippen LogP contribution in [0.3, 0.4) is 0 Å². The van der Waals surface area contributed by atoms with Gasteiger partial charge < -0.3 is 9.47 Å². The van der Waals surface area contributed by atoms with Gasteiger partial charge in [-0.2, -0.15) is 5.10 Å². The summed E-state index contributed by atoms with van der Waals surface area (Å²) in [4.78, 5) is 0. The van der Waals surface area contributed by atoms with E-state index < -0.39 is 16.6 Å². The third kappa shape index (κ3) is 2.11. The zero-order chi connectivity index (χ0) is 13.6. The summed E-state index contributed by atoms with van der Waals surface area (Å²) in [5, 5.41) is 10.1. The Hall–Kier alpha value is -0.760. The average Bonchev–Trinajstić information content (AvgIpc) is 2.61. The summed E-state index contributed by atoms with van der Waals surface area (Å²) in [6.45, 7) is 7.02. The summed E-state index contributed by atoms with van der Waals surface area (Å²) in [6.07, 6.45) is 0. The zero-order valence-electron chi connectivity index (χ0n) is 11.1. The molecule has 0 bridgehead atoms. The Morgan fingerprint density at radius 1 is 1.56 bits per heavy atom. The van der Waals surface area contributed by atoms with Crippen LogP contribution in [0.25, 0.3) is 0 Å². The van der Waals surface area contributed by atoms with Gasteiger partial charge in [-0.1, -0.05) is 0 Å². The number of nitrogens with zero attached hydrogens (tertiary/aromatic N) is 2. The van der Waals surface area contributed by atoms with Crippen molar-refractivity contribution in [1.82, 2.24) is 9.78 Å². The van der Waals surface area contributed by atoms with Gasteiger partial charge in [-0.15, -0.1) is 0 Å². The number of hydrogen-bond acceptors (Lipinski definition) is 4. The van der Waals surface area contributed by atoms with Crippen LogP contribution >= 0.6 is 0 Å². The van der Waals surface area contributed by atoms with Gasteiger partial charge in [-0.05, 0) is 20.8 Å². The molecule has 0 amide bonds. The van der Waals surface area contributed by atoms with Gasteiger partial charge in [0, 0.05) is 13.2 Å². The zero-order valence-corrected chi connectivity index (χ0v) is 11.9. The lowest BCUT2D eigenvalue weighted by Crippen LogP contribution is -2.50. The van der Waals surface area contributed by atoms with E-state index in [0.717, 1.165) is 5.69 Å². The van der Waals surface area contributed by atoms with Crippen molar-refractivity contribution >= 4 is 11.0 Å². The molecule has 18 heavy (non-hydrogen) atoms. The van der Waals surface area contributed by atoms with E-state index in [1.54, 1.807) is 13.2 Å². The highest BCUT2D eigenvalue weighted by Gasteiger charge is 2.45. The van der Waals surface area contributed by atoms with Crippen LogP contribution in [0, 0.1) is 0 Å². The molecule has 0 radical (unpaired) electrons. The molecule has 2 N–H and O–H groups in total. The Balaban J connectivity index is 2.54. The van der Waals surface area contributed by atoms with E-state index in [0.29, 0.717) is 18.2 Å². The van der Waals surface area contributed by atoms with Gasteiger partial charge in [0.2, 0.25) is 0 Å². The van der Waals surface area contributed by atoms with Crippen molar-refractivity contribution in [2.75, 3.05) is 20.3 Å².